The highest BCUT2D eigenvalue weighted by Crippen LogP contribution is 2.27. The molecule has 4 nitrogen and oxygen atoms in total. The van der Waals surface area contributed by atoms with Gasteiger partial charge in [-0.2, -0.15) is 0 Å². The van der Waals surface area contributed by atoms with Crippen LogP contribution in [0, 0.1) is 0 Å². The van der Waals surface area contributed by atoms with Gasteiger partial charge in [-0.25, -0.2) is 0 Å². The molecule has 0 aliphatic carbocycles. The molecule has 1 rings (SSSR count). The topological polar surface area (TPSA) is 74.6 Å². The first-order valence-corrected chi connectivity index (χ1v) is 4.63. The summed E-state index contributed by atoms with van der Waals surface area (Å²) in [6.45, 7) is 0. The summed E-state index contributed by atoms with van der Waals surface area (Å²) in [4.78, 5) is 20.7. The Hall–Kier alpha value is -1.84. The zero-order chi connectivity index (χ0) is 11.3. The number of aldehydes is 1. The Labute approximate surface area is 87.2 Å². The lowest BCUT2D eigenvalue weighted by molar-refractivity contribution is -0.129. The molecule has 0 atom stereocenters. The predicted molar refractivity (Wildman–Crippen MR) is 53.8 cm³/mol. The first-order chi connectivity index (χ1) is 7.15. The van der Waals surface area contributed by atoms with Gasteiger partial charge in [-0.15, -0.1) is 0 Å². The fourth-order valence-corrected chi connectivity index (χ4v) is 1.32. The van der Waals surface area contributed by atoms with Gasteiger partial charge in [-0.3, -0.25) is 9.59 Å². The predicted octanol–water partition coefficient (Wildman–Crippen LogP) is 1.19. The molecule has 0 saturated heterocycles. The Kier molecular flexibility index (Phi) is 3.85. The summed E-state index contributed by atoms with van der Waals surface area (Å²) < 4.78 is 0. The quantitative estimate of drug-likeness (QED) is 0.563. The molecule has 4 heteroatoms. The van der Waals surface area contributed by atoms with Crippen LogP contribution in [0.25, 0.3) is 0 Å². The van der Waals surface area contributed by atoms with Gasteiger partial charge in [-0.05, 0) is 25.0 Å². The van der Waals surface area contributed by atoms with Crippen molar-refractivity contribution in [3.8, 4) is 11.5 Å². The molecule has 1 aromatic rings. The molecule has 1 aromatic carbocycles. The number of carbonyl (C=O) groups excluding carboxylic acids is 2. The lowest BCUT2D eigenvalue weighted by atomic mass is 10.0. The molecule has 0 unspecified atom stereocenters. The highest BCUT2D eigenvalue weighted by Gasteiger charge is 2.07. The summed E-state index contributed by atoms with van der Waals surface area (Å²) in [5, 5.41) is 18.8. The van der Waals surface area contributed by atoms with E-state index in [1.807, 2.05) is 0 Å². The van der Waals surface area contributed by atoms with Crippen LogP contribution in [0.15, 0.2) is 18.2 Å². The first kappa shape index (κ1) is 11.2. The van der Waals surface area contributed by atoms with Gasteiger partial charge in [0, 0.05) is 12.0 Å². The van der Waals surface area contributed by atoms with Crippen molar-refractivity contribution >= 4 is 12.1 Å². The molecule has 0 radical (unpaired) electrons. The SMILES string of the molecule is O=CC(=O)CCCc1c(O)cccc1O. The Balaban J connectivity index is 2.57. The molecule has 2 N–H and O–H groups in total. The first-order valence-electron chi connectivity index (χ1n) is 4.63. The lowest BCUT2D eigenvalue weighted by Gasteiger charge is -2.05. The third-order valence-corrected chi connectivity index (χ3v) is 2.11. The second-order valence-corrected chi connectivity index (χ2v) is 3.21. The van der Waals surface area contributed by atoms with Gasteiger partial charge < -0.3 is 10.2 Å². The number of benzene rings is 1. The van der Waals surface area contributed by atoms with E-state index < -0.39 is 5.78 Å². The number of aromatic hydroxyl groups is 2. The molecular weight excluding hydrogens is 196 g/mol. The fraction of sp³-hybridized carbons (Fsp3) is 0.273. The Morgan fingerprint density at radius 1 is 1.27 bits per heavy atom. The van der Waals surface area contributed by atoms with Crippen LogP contribution in [0.3, 0.4) is 0 Å². The van der Waals surface area contributed by atoms with E-state index in [4.69, 9.17) is 0 Å². The minimum absolute atomic E-state index is 0.00792. The summed E-state index contributed by atoms with van der Waals surface area (Å²) in [7, 11) is 0. The van der Waals surface area contributed by atoms with Gasteiger partial charge >= 0.3 is 0 Å². The van der Waals surface area contributed by atoms with Crippen LogP contribution in [-0.2, 0) is 16.0 Å². The van der Waals surface area contributed by atoms with Crippen molar-refractivity contribution in [3.63, 3.8) is 0 Å². The van der Waals surface area contributed by atoms with E-state index >= 15 is 0 Å². The van der Waals surface area contributed by atoms with E-state index in [0.717, 1.165) is 0 Å². The van der Waals surface area contributed by atoms with Crippen molar-refractivity contribution in [1.29, 1.82) is 0 Å². The van der Waals surface area contributed by atoms with Gasteiger partial charge in [0.1, 0.15) is 11.5 Å². The molecule has 0 bridgehead atoms. The maximum Gasteiger partial charge on any atom is 0.195 e. The van der Waals surface area contributed by atoms with Crippen LogP contribution in [-0.4, -0.2) is 22.3 Å². The Bertz CT molecular complexity index is 351. The molecule has 0 amide bonds. The standard InChI is InChI=1S/C11H12O4/c12-7-8(13)3-1-4-9-10(14)5-2-6-11(9)15/h2,5-7,14-15H,1,3-4H2. The zero-order valence-electron chi connectivity index (χ0n) is 8.14. The van der Waals surface area contributed by atoms with E-state index in [9.17, 15) is 19.8 Å². The van der Waals surface area contributed by atoms with Crippen LogP contribution in [0.5, 0.6) is 11.5 Å². The molecular formula is C11H12O4. The highest BCUT2D eigenvalue weighted by atomic mass is 16.3. The highest BCUT2D eigenvalue weighted by molar-refractivity contribution is 6.24. The minimum atomic E-state index is -0.468. The summed E-state index contributed by atoms with van der Waals surface area (Å²) >= 11 is 0. The van der Waals surface area contributed by atoms with Crippen molar-refractivity contribution in [2.24, 2.45) is 0 Å². The van der Waals surface area contributed by atoms with Crippen molar-refractivity contribution in [1.82, 2.24) is 0 Å². The van der Waals surface area contributed by atoms with Gasteiger partial charge in [0.25, 0.3) is 0 Å². The third-order valence-electron chi connectivity index (χ3n) is 2.11. The molecule has 0 spiro atoms. The maximum atomic E-state index is 10.7. The van der Waals surface area contributed by atoms with Crippen molar-refractivity contribution in [2.75, 3.05) is 0 Å². The van der Waals surface area contributed by atoms with Crippen LogP contribution in [0.4, 0.5) is 0 Å². The smallest absolute Gasteiger partial charge is 0.195 e. The normalized spacial score (nSPS) is 9.87. The largest absolute Gasteiger partial charge is 0.508 e. The van der Waals surface area contributed by atoms with Gasteiger partial charge in [-0.1, -0.05) is 6.07 Å². The summed E-state index contributed by atoms with van der Waals surface area (Å²) in [5.74, 6) is -0.452. The number of ketones is 1. The van der Waals surface area contributed by atoms with E-state index in [1.165, 1.54) is 18.2 Å². The van der Waals surface area contributed by atoms with Gasteiger partial charge in [0.2, 0.25) is 0 Å². The zero-order valence-corrected chi connectivity index (χ0v) is 8.14. The number of rotatable bonds is 5. The Morgan fingerprint density at radius 3 is 2.40 bits per heavy atom. The van der Waals surface area contributed by atoms with E-state index in [0.29, 0.717) is 18.4 Å². The molecule has 0 aliphatic heterocycles. The molecule has 0 aromatic heterocycles. The summed E-state index contributed by atoms with van der Waals surface area (Å²) in [5.41, 5.74) is 0.413. The van der Waals surface area contributed by atoms with E-state index in [1.54, 1.807) is 0 Å². The number of Topliss-reactive ketones (excluding diaryl/α,β-unsaturated/α-hetero) is 1. The minimum Gasteiger partial charge on any atom is -0.508 e. The number of hydrogen-bond donors (Lipinski definition) is 2. The second kappa shape index (κ2) is 5.14. The molecule has 0 fully saturated rings. The molecule has 15 heavy (non-hydrogen) atoms. The summed E-state index contributed by atoms with van der Waals surface area (Å²) in [6, 6.07) is 4.47. The number of carbonyl (C=O) groups is 2. The second-order valence-electron chi connectivity index (χ2n) is 3.21. The van der Waals surface area contributed by atoms with Crippen LogP contribution in [0.2, 0.25) is 0 Å². The molecule has 0 heterocycles. The average molecular weight is 208 g/mol. The molecule has 0 saturated carbocycles. The van der Waals surface area contributed by atoms with Crippen molar-refractivity contribution < 1.29 is 19.8 Å². The average Bonchev–Trinajstić information content (AvgIpc) is 2.22. The van der Waals surface area contributed by atoms with Crippen molar-refractivity contribution in [2.45, 2.75) is 19.3 Å². The van der Waals surface area contributed by atoms with E-state index in [-0.39, 0.29) is 24.2 Å². The van der Waals surface area contributed by atoms with Crippen LogP contribution < -0.4 is 0 Å². The lowest BCUT2D eigenvalue weighted by Crippen LogP contribution is -1.99. The van der Waals surface area contributed by atoms with Gasteiger partial charge in [0.15, 0.2) is 12.1 Å². The van der Waals surface area contributed by atoms with Crippen molar-refractivity contribution in [3.05, 3.63) is 23.8 Å². The van der Waals surface area contributed by atoms with Gasteiger partial charge in [0.05, 0.1) is 0 Å². The summed E-state index contributed by atoms with van der Waals surface area (Å²) in [6.07, 6.45) is 1.22. The monoisotopic (exact) mass is 208 g/mol. The van der Waals surface area contributed by atoms with Crippen LogP contribution >= 0.6 is 0 Å². The number of phenolic OH excluding ortho intramolecular Hbond substituents is 2. The van der Waals surface area contributed by atoms with Crippen LogP contribution in [0.1, 0.15) is 18.4 Å². The fourth-order valence-electron chi connectivity index (χ4n) is 1.32. The third kappa shape index (κ3) is 3.09. The molecule has 80 valence electrons. The Morgan fingerprint density at radius 2 is 1.87 bits per heavy atom. The number of hydrogen-bond acceptors (Lipinski definition) is 4. The maximum absolute atomic E-state index is 10.7. The van der Waals surface area contributed by atoms with E-state index in [2.05, 4.69) is 0 Å². The number of phenols is 2. The molecule has 0 aliphatic rings.